The second-order valence-electron chi connectivity index (χ2n) is 3.87. The van der Waals surface area contributed by atoms with Gasteiger partial charge in [-0.15, -0.1) is 0 Å². The summed E-state index contributed by atoms with van der Waals surface area (Å²) in [4.78, 5) is 0. The second-order valence-corrected chi connectivity index (χ2v) is 5.03. The number of fused-ring (bicyclic) bond motifs is 2. The van der Waals surface area contributed by atoms with Crippen LogP contribution in [0, 0.1) is 0 Å². The SMILES string of the molecule is Clc1ccc2cc3ccccc3c(Cl)c2c1Cl. The third kappa shape index (κ3) is 1.68. The van der Waals surface area contributed by atoms with Gasteiger partial charge >= 0.3 is 0 Å². The smallest absolute Gasteiger partial charge is 0.0685 e. The largest absolute Gasteiger partial charge is 0.0829 e. The van der Waals surface area contributed by atoms with Crippen LogP contribution in [0.1, 0.15) is 0 Å². The molecule has 0 bridgehead atoms. The minimum Gasteiger partial charge on any atom is -0.0829 e. The highest BCUT2D eigenvalue weighted by Gasteiger charge is 2.10. The average Bonchev–Trinajstić information content (AvgIpc) is 2.34. The number of hydrogen-bond donors (Lipinski definition) is 0. The molecular weight excluding hydrogens is 275 g/mol. The van der Waals surface area contributed by atoms with E-state index in [4.69, 9.17) is 34.8 Å². The van der Waals surface area contributed by atoms with E-state index in [1.807, 2.05) is 30.3 Å². The van der Waals surface area contributed by atoms with Gasteiger partial charge in [0, 0.05) is 10.8 Å². The zero-order chi connectivity index (χ0) is 12.0. The van der Waals surface area contributed by atoms with Gasteiger partial charge in [-0.1, -0.05) is 65.1 Å². The number of rotatable bonds is 0. The number of benzene rings is 3. The summed E-state index contributed by atoms with van der Waals surface area (Å²) in [5, 5.41) is 5.61. The Morgan fingerprint density at radius 2 is 1.47 bits per heavy atom. The highest BCUT2D eigenvalue weighted by atomic mass is 35.5. The normalized spacial score (nSPS) is 11.2. The maximum absolute atomic E-state index is 6.41. The predicted molar refractivity (Wildman–Crippen MR) is 76.5 cm³/mol. The molecule has 3 aromatic carbocycles. The zero-order valence-corrected chi connectivity index (χ0v) is 10.9. The van der Waals surface area contributed by atoms with Gasteiger partial charge < -0.3 is 0 Å². The maximum Gasteiger partial charge on any atom is 0.0685 e. The van der Waals surface area contributed by atoms with Gasteiger partial charge in [-0.25, -0.2) is 0 Å². The molecule has 3 heteroatoms. The Labute approximate surface area is 114 Å². The van der Waals surface area contributed by atoms with Crippen molar-refractivity contribution in [2.75, 3.05) is 0 Å². The van der Waals surface area contributed by atoms with E-state index < -0.39 is 0 Å². The first-order valence-corrected chi connectivity index (χ1v) is 6.27. The molecule has 0 atom stereocenters. The molecule has 3 aromatic rings. The lowest BCUT2D eigenvalue weighted by atomic mass is 10.0. The molecule has 0 saturated carbocycles. The summed E-state index contributed by atoms with van der Waals surface area (Å²) >= 11 is 18.6. The molecular formula is C14H7Cl3. The van der Waals surface area contributed by atoms with E-state index in [1.165, 1.54) is 0 Å². The van der Waals surface area contributed by atoms with Crippen molar-refractivity contribution in [1.82, 2.24) is 0 Å². The van der Waals surface area contributed by atoms with Gasteiger partial charge in [0.1, 0.15) is 0 Å². The molecule has 0 aliphatic rings. The van der Waals surface area contributed by atoms with Crippen molar-refractivity contribution in [2.24, 2.45) is 0 Å². The Hall–Kier alpha value is -0.950. The highest BCUT2D eigenvalue weighted by Crippen LogP contribution is 2.39. The van der Waals surface area contributed by atoms with Crippen LogP contribution in [0.3, 0.4) is 0 Å². The van der Waals surface area contributed by atoms with E-state index in [0.29, 0.717) is 15.1 Å². The molecule has 0 saturated heterocycles. The molecule has 0 nitrogen and oxygen atoms in total. The van der Waals surface area contributed by atoms with Crippen LogP contribution in [0.2, 0.25) is 15.1 Å². The molecule has 0 spiro atoms. The summed E-state index contributed by atoms with van der Waals surface area (Å²) < 4.78 is 0. The van der Waals surface area contributed by atoms with Crippen LogP contribution in [0.4, 0.5) is 0 Å². The van der Waals surface area contributed by atoms with Crippen molar-refractivity contribution in [1.29, 1.82) is 0 Å². The van der Waals surface area contributed by atoms with E-state index in [0.717, 1.165) is 21.5 Å². The van der Waals surface area contributed by atoms with E-state index in [-0.39, 0.29) is 0 Å². The van der Waals surface area contributed by atoms with E-state index in [1.54, 1.807) is 6.07 Å². The fourth-order valence-corrected chi connectivity index (χ4v) is 2.88. The van der Waals surface area contributed by atoms with Gasteiger partial charge in [-0.05, 0) is 22.9 Å². The molecule has 0 aromatic heterocycles. The molecule has 0 unspecified atom stereocenters. The van der Waals surface area contributed by atoms with Crippen molar-refractivity contribution in [3.63, 3.8) is 0 Å². The van der Waals surface area contributed by atoms with Crippen LogP contribution in [-0.4, -0.2) is 0 Å². The van der Waals surface area contributed by atoms with E-state index >= 15 is 0 Å². The lowest BCUT2D eigenvalue weighted by Crippen LogP contribution is -1.81. The molecule has 0 heterocycles. The quantitative estimate of drug-likeness (QED) is 0.446. The van der Waals surface area contributed by atoms with Crippen LogP contribution in [0.5, 0.6) is 0 Å². The highest BCUT2D eigenvalue weighted by molar-refractivity contribution is 6.49. The molecule has 17 heavy (non-hydrogen) atoms. The zero-order valence-electron chi connectivity index (χ0n) is 8.68. The third-order valence-electron chi connectivity index (χ3n) is 2.85. The van der Waals surface area contributed by atoms with Crippen LogP contribution in [0.25, 0.3) is 21.5 Å². The summed E-state index contributed by atoms with van der Waals surface area (Å²) in [6, 6.07) is 13.7. The van der Waals surface area contributed by atoms with Gasteiger partial charge in [0.2, 0.25) is 0 Å². The molecule has 0 aliphatic heterocycles. The van der Waals surface area contributed by atoms with Crippen LogP contribution >= 0.6 is 34.8 Å². The Bertz CT molecular complexity index is 732. The maximum atomic E-state index is 6.41. The monoisotopic (exact) mass is 280 g/mol. The lowest BCUT2D eigenvalue weighted by molar-refractivity contribution is 1.76. The molecule has 3 rings (SSSR count). The number of hydrogen-bond acceptors (Lipinski definition) is 0. The van der Waals surface area contributed by atoms with Crippen LogP contribution in [-0.2, 0) is 0 Å². The minimum atomic E-state index is 0.514. The van der Waals surface area contributed by atoms with Gasteiger partial charge in [-0.3, -0.25) is 0 Å². The summed E-state index contributed by atoms with van der Waals surface area (Å²) in [7, 11) is 0. The topological polar surface area (TPSA) is 0 Å². The Kier molecular flexibility index (Phi) is 2.67. The van der Waals surface area contributed by atoms with Gasteiger partial charge in [0.25, 0.3) is 0 Å². The summed E-state index contributed by atoms with van der Waals surface area (Å²) in [5.74, 6) is 0. The van der Waals surface area contributed by atoms with Crippen LogP contribution < -0.4 is 0 Å². The third-order valence-corrected chi connectivity index (χ3v) is 4.05. The van der Waals surface area contributed by atoms with Crippen LogP contribution in [0.15, 0.2) is 42.5 Å². The Morgan fingerprint density at radius 1 is 0.706 bits per heavy atom. The molecule has 0 radical (unpaired) electrons. The van der Waals surface area contributed by atoms with E-state index in [9.17, 15) is 0 Å². The van der Waals surface area contributed by atoms with Crippen molar-refractivity contribution in [2.45, 2.75) is 0 Å². The summed E-state index contributed by atoms with van der Waals surface area (Å²) in [6.07, 6.45) is 0. The first-order chi connectivity index (χ1) is 8.18. The standard InChI is InChI=1S/C14H7Cl3/c15-11-6-5-9-7-8-3-1-2-4-10(8)13(16)12(9)14(11)17/h1-7H. The summed E-state index contributed by atoms with van der Waals surface area (Å²) in [6.45, 7) is 0. The van der Waals surface area contributed by atoms with Crippen molar-refractivity contribution >= 4 is 56.3 Å². The van der Waals surface area contributed by atoms with Crippen molar-refractivity contribution < 1.29 is 0 Å². The Morgan fingerprint density at radius 3 is 2.29 bits per heavy atom. The fraction of sp³-hybridized carbons (Fsp3) is 0. The molecule has 0 fully saturated rings. The van der Waals surface area contributed by atoms with Crippen molar-refractivity contribution in [3.8, 4) is 0 Å². The predicted octanol–water partition coefficient (Wildman–Crippen LogP) is 5.95. The average molecular weight is 282 g/mol. The minimum absolute atomic E-state index is 0.514. The molecule has 84 valence electrons. The fourth-order valence-electron chi connectivity index (χ4n) is 2.03. The first kappa shape index (κ1) is 11.2. The van der Waals surface area contributed by atoms with E-state index in [2.05, 4.69) is 6.07 Å². The summed E-state index contributed by atoms with van der Waals surface area (Å²) in [5.41, 5.74) is 0. The van der Waals surface area contributed by atoms with Gasteiger partial charge in [-0.2, -0.15) is 0 Å². The van der Waals surface area contributed by atoms with Crippen molar-refractivity contribution in [3.05, 3.63) is 57.5 Å². The Balaban J connectivity index is 2.60. The first-order valence-electron chi connectivity index (χ1n) is 5.13. The molecule has 0 aliphatic carbocycles. The lowest BCUT2D eigenvalue weighted by Gasteiger charge is -2.08. The van der Waals surface area contributed by atoms with Gasteiger partial charge in [0.15, 0.2) is 0 Å². The second kappa shape index (κ2) is 4.06. The van der Waals surface area contributed by atoms with Gasteiger partial charge in [0.05, 0.1) is 15.1 Å². The molecule has 0 amide bonds. The molecule has 0 N–H and O–H groups in total. The number of halogens is 3.